The Morgan fingerprint density at radius 2 is 1.57 bits per heavy atom. The molecule has 3 atom stereocenters. The number of nitrogens with zero attached hydrogens (tertiary/aromatic N) is 2. The van der Waals surface area contributed by atoms with Crippen molar-refractivity contribution in [2.45, 2.75) is 40.0 Å². The summed E-state index contributed by atoms with van der Waals surface area (Å²) in [6.45, 7) is 6.02. The number of amides is 3. The molecule has 2 aromatic rings. The quantitative estimate of drug-likeness (QED) is 0.290. The van der Waals surface area contributed by atoms with Crippen molar-refractivity contribution in [3.05, 3.63) is 65.2 Å². The summed E-state index contributed by atoms with van der Waals surface area (Å²) in [6, 6.07) is 10.7. The average Bonchev–Trinajstić information content (AvgIpc) is 3.34. The minimum absolute atomic E-state index is 0.0941. The fourth-order valence-corrected chi connectivity index (χ4v) is 5.31. The van der Waals surface area contributed by atoms with Gasteiger partial charge in [-0.15, -0.1) is 0 Å². The van der Waals surface area contributed by atoms with E-state index in [-0.39, 0.29) is 42.5 Å². The normalized spacial score (nSPS) is 23.7. The van der Waals surface area contributed by atoms with Gasteiger partial charge >= 0.3 is 5.97 Å². The van der Waals surface area contributed by atoms with Crippen molar-refractivity contribution >= 4 is 35.1 Å². The van der Waals surface area contributed by atoms with Gasteiger partial charge in [-0.2, -0.15) is 0 Å². The number of aryl methyl sites for hydroxylation is 2. The first-order valence-electron chi connectivity index (χ1n) is 12.0. The second kappa shape index (κ2) is 8.80. The van der Waals surface area contributed by atoms with Gasteiger partial charge < -0.3 is 9.64 Å². The van der Waals surface area contributed by atoms with E-state index in [9.17, 15) is 19.2 Å². The second-order valence-electron chi connectivity index (χ2n) is 9.66. The van der Waals surface area contributed by atoms with E-state index in [0.717, 1.165) is 16.8 Å². The number of imide groups is 1. The van der Waals surface area contributed by atoms with Crippen LogP contribution in [0, 0.1) is 38.5 Å². The summed E-state index contributed by atoms with van der Waals surface area (Å²) in [7, 11) is 0. The second-order valence-corrected chi connectivity index (χ2v) is 9.66. The Kier molecular flexibility index (Phi) is 5.79. The molecular formula is C28H28N2O5. The molecule has 2 aromatic carbocycles. The van der Waals surface area contributed by atoms with Crippen molar-refractivity contribution < 1.29 is 23.9 Å². The van der Waals surface area contributed by atoms with Gasteiger partial charge in [-0.05, 0) is 74.6 Å². The summed E-state index contributed by atoms with van der Waals surface area (Å²) in [5, 5.41) is 0. The molecule has 0 unspecified atom stereocenters. The highest BCUT2D eigenvalue weighted by Crippen LogP contribution is 2.39. The minimum atomic E-state index is -0.570. The number of ether oxygens (including phenoxy) is 1. The molecule has 180 valence electrons. The number of esters is 1. The molecule has 1 aliphatic carbocycles. The Labute approximate surface area is 204 Å². The molecule has 0 saturated carbocycles. The summed E-state index contributed by atoms with van der Waals surface area (Å²) in [6.07, 6.45) is 5.18. The van der Waals surface area contributed by atoms with Crippen LogP contribution in [0.1, 0.15) is 36.0 Å². The fourth-order valence-electron chi connectivity index (χ4n) is 5.31. The minimum Gasteiger partial charge on any atom is -0.426 e. The number of allylic oxidation sites excluding steroid dienone is 2. The van der Waals surface area contributed by atoms with Gasteiger partial charge in [0, 0.05) is 18.7 Å². The van der Waals surface area contributed by atoms with E-state index < -0.39 is 11.9 Å². The number of hydrogen-bond acceptors (Lipinski definition) is 5. The van der Waals surface area contributed by atoms with Crippen LogP contribution in [0.2, 0.25) is 0 Å². The lowest BCUT2D eigenvalue weighted by molar-refractivity contribution is -0.139. The van der Waals surface area contributed by atoms with Gasteiger partial charge in [0.1, 0.15) is 5.75 Å². The number of carbonyl (C=O) groups excluding carboxylic acids is 4. The maximum atomic E-state index is 12.9. The van der Waals surface area contributed by atoms with Crippen LogP contribution in [0.3, 0.4) is 0 Å². The lowest BCUT2D eigenvalue weighted by Crippen LogP contribution is -2.31. The van der Waals surface area contributed by atoms with Crippen LogP contribution in [-0.4, -0.2) is 30.2 Å². The average molecular weight is 473 g/mol. The van der Waals surface area contributed by atoms with E-state index >= 15 is 0 Å². The first-order valence-corrected chi connectivity index (χ1v) is 12.0. The molecule has 35 heavy (non-hydrogen) atoms. The van der Waals surface area contributed by atoms with Gasteiger partial charge in [0.15, 0.2) is 0 Å². The molecule has 0 spiro atoms. The Balaban J connectivity index is 1.29. The van der Waals surface area contributed by atoms with Crippen LogP contribution in [0.25, 0.3) is 0 Å². The van der Waals surface area contributed by atoms with Crippen molar-refractivity contribution in [3.8, 4) is 5.75 Å². The highest BCUT2D eigenvalue weighted by molar-refractivity contribution is 6.22. The zero-order chi connectivity index (χ0) is 24.9. The van der Waals surface area contributed by atoms with Crippen LogP contribution in [0.4, 0.5) is 11.4 Å². The Morgan fingerprint density at radius 3 is 2.23 bits per heavy atom. The molecule has 3 aliphatic rings. The molecule has 2 heterocycles. The van der Waals surface area contributed by atoms with Gasteiger partial charge in [-0.25, -0.2) is 4.90 Å². The van der Waals surface area contributed by atoms with Crippen LogP contribution < -0.4 is 14.5 Å². The predicted octanol–water partition coefficient (Wildman–Crippen LogP) is 4.03. The fraction of sp³-hybridized carbons (Fsp3) is 0.357. The van der Waals surface area contributed by atoms with Gasteiger partial charge in [0.05, 0.1) is 23.4 Å². The van der Waals surface area contributed by atoms with Crippen LogP contribution >= 0.6 is 0 Å². The first-order chi connectivity index (χ1) is 16.8. The number of rotatable bonds is 4. The maximum Gasteiger partial charge on any atom is 0.316 e. The highest BCUT2D eigenvalue weighted by Gasteiger charge is 2.48. The number of carbonyl (C=O) groups is 4. The summed E-state index contributed by atoms with van der Waals surface area (Å²) in [5.41, 5.74) is 4.11. The van der Waals surface area contributed by atoms with E-state index in [1.807, 2.05) is 44.2 Å². The van der Waals surface area contributed by atoms with E-state index in [1.54, 1.807) is 30.0 Å². The smallest absolute Gasteiger partial charge is 0.316 e. The Bertz CT molecular complexity index is 1250. The summed E-state index contributed by atoms with van der Waals surface area (Å²) in [5.74, 6) is -1.76. The van der Waals surface area contributed by atoms with E-state index in [2.05, 4.69) is 0 Å². The van der Waals surface area contributed by atoms with Gasteiger partial charge in [0.2, 0.25) is 17.7 Å². The molecule has 0 aromatic heterocycles. The lowest BCUT2D eigenvalue weighted by atomic mass is 9.85. The zero-order valence-electron chi connectivity index (χ0n) is 20.1. The molecule has 7 nitrogen and oxygen atoms in total. The highest BCUT2D eigenvalue weighted by atomic mass is 16.5. The van der Waals surface area contributed by atoms with Crippen molar-refractivity contribution in [3.63, 3.8) is 0 Å². The van der Waals surface area contributed by atoms with Crippen LogP contribution in [0.15, 0.2) is 48.6 Å². The molecule has 0 radical (unpaired) electrons. The largest absolute Gasteiger partial charge is 0.426 e. The first kappa shape index (κ1) is 23.0. The molecule has 2 aliphatic heterocycles. The van der Waals surface area contributed by atoms with E-state index in [1.165, 1.54) is 4.90 Å². The third-order valence-electron chi connectivity index (χ3n) is 7.46. The number of fused-ring (bicyclic) bond motifs is 1. The molecule has 2 fully saturated rings. The molecule has 0 N–H and O–H groups in total. The summed E-state index contributed by atoms with van der Waals surface area (Å²) >= 11 is 0. The molecule has 5 rings (SSSR count). The van der Waals surface area contributed by atoms with Crippen molar-refractivity contribution in [1.29, 1.82) is 0 Å². The summed E-state index contributed by atoms with van der Waals surface area (Å²) < 4.78 is 5.62. The number of benzene rings is 2. The van der Waals surface area contributed by atoms with Crippen molar-refractivity contribution in [2.24, 2.45) is 17.8 Å². The third-order valence-corrected chi connectivity index (χ3v) is 7.46. The van der Waals surface area contributed by atoms with Gasteiger partial charge in [-0.1, -0.05) is 24.3 Å². The van der Waals surface area contributed by atoms with Crippen LogP contribution in [0.5, 0.6) is 5.75 Å². The van der Waals surface area contributed by atoms with Crippen LogP contribution in [-0.2, 0) is 19.2 Å². The molecule has 7 heteroatoms. The maximum absolute atomic E-state index is 12.9. The Hall–Kier alpha value is -3.74. The monoisotopic (exact) mass is 472 g/mol. The topological polar surface area (TPSA) is 84.0 Å². The lowest BCUT2D eigenvalue weighted by Gasteiger charge is -2.20. The Morgan fingerprint density at radius 1 is 0.886 bits per heavy atom. The zero-order valence-corrected chi connectivity index (χ0v) is 20.1. The summed E-state index contributed by atoms with van der Waals surface area (Å²) in [4.78, 5) is 54.3. The van der Waals surface area contributed by atoms with Gasteiger partial charge in [-0.3, -0.25) is 19.2 Å². The number of anilines is 2. The third kappa shape index (κ3) is 3.95. The standard InChI is InChI=1S/C28H28N2O5/c1-16-7-6-10-24(18(16)3)29-15-19(14-25(29)31)28(34)35-20-11-12-23(17(2)13-20)30-26(32)21-8-4-5-9-22(21)27(30)33/h4-7,10-13,19,21-22H,8-9,14-15H2,1-3H3/t19-,21-,22-/m1/s1. The molecule has 3 amide bonds. The van der Waals surface area contributed by atoms with Crippen molar-refractivity contribution in [2.75, 3.05) is 16.3 Å². The molecule has 2 saturated heterocycles. The predicted molar refractivity (Wildman–Crippen MR) is 131 cm³/mol. The van der Waals surface area contributed by atoms with Crippen molar-refractivity contribution in [1.82, 2.24) is 0 Å². The number of hydrogen-bond donors (Lipinski definition) is 0. The SMILES string of the molecule is Cc1cc(OC(=O)[C@@H]2CC(=O)N(c3cccc(C)c3C)C2)ccc1N1C(=O)[C@@H]2CC=CC[C@H]2C1=O. The van der Waals surface area contributed by atoms with E-state index in [4.69, 9.17) is 4.74 Å². The molecule has 0 bridgehead atoms. The van der Waals surface area contributed by atoms with E-state index in [0.29, 0.717) is 29.8 Å². The molecular weight excluding hydrogens is 444 g/mol. The van der Waals surface area contributed by atoms with Gasteiger partial charge in [0.25, 0.3) is 0 Å².